The van der Waals surface area contributed by atoms with Crippen molar-refractivity contribution in [2.45, 2.75) is 6.54 Å². The highest BCUT2D eigenvalue weighted by Gasteiger charge is 2.10. The van der Waals surface area contributed by atoms with E-state index in [1.165, 1.54) is 11.2 Å². The van der Waals surface area contributed by atoms with Crippen LogP contribution in [0.15, 0.2) is 6.20 Å². The first-order valence-corrected chi connectivity index (χ1v) is 4.09. The molecular weight excluding hydrogens is 202 g/mol. The van der Waals surface area contributed by atoms with Crippen molar-refractivity contribution in [2.75, 3.05) is 14.1 Å². The Bertz CT molecular complexity index is 372. The minimum Gasteiger partial charge on any atom is -0.476 e. The molecule has 0 fully saturated rings. The molecule has 0 saturated heterocycles. The van der Waals surface area contributed by atoms with Crippen molar-refractivity contribution in [3.63, 3.8) is 0 Å². The monoisotopic (exact) mass is 213 g/mol. The van der Waals surface area contributed by atoms with E-state index in [4.69, 9.17) is 5.11 Å². The summed E-state index contributed by atoms with van der Waals surface area (Å²) < 4.78 is 1.16. The van der Waals surface area contributed by atoms with Gasteiger partial charge in [-0.15, -0.1) is 5.10 Å². The molecule has 0 bridgehead atoms. The summed E-state index contributed by atoms with van der Waals surface area (Å²) in [5.74, 6) is -1.48. The molecule has 0 saturated carbocycles. The summed E-state index contributed by atoms with van der Waals surface area (Å²) in [6.07, 6.45) is 1.19. The zero-order chi connectivity index (χ0) is 11.4. The molecule has 0 aliphatic heterocycles. The second kappa shape index (κ2) is 4.51. The van der Waals surface area contributed by atoms with Gasteiger partial charge in [0, 0.05) is 14.1 Å². The van der Waals surface area contributed by atoms with Crippen LogP contribution in [-0.4, -0.2) is 51.1 Å². The summed E-state index contributed by atoms with van der Waals surface area (Å²) in [7, 11) is 3.34. The molecule has 0 aromatic carbocycles. The molecule has 82 valence electrons. The number of carbonyl (C=O) groups excluding carboxylic acids is 1. The number of carboxylic acids is 1. The van der Waals surface area contributed by atoms with Crippen LogP contribution in [0.5, 0.6) is 0 Å². The predicted molar refractivity (Wildman–Crippen MR) is 48.8 cm³/mol. The van der Waals surface area contributed by atoms with E-state index in [1.54, 1.807) is 14.1 Å². The van der Waals surface area contributed by atoms with Gasteiger partial charge < -0.3 is 5.11 Å². The maximum atomic E-state index is 11.2. The lowest BCUT2D eigenvalue weighted by Crippen LogP contribution is -2.38. The Kier molecular flexibility index (Phi) is 3.34. The maximum Gasteiger partial charge on any atom is 0.358 e. The molecule has 8 nitrogen and oxygen atoms in total. The van der Waals surface area contributed by atoms with Crippen LogP contribution in [0.25, 0.3) is 0 Å². The maximum absolute atomic E-state index is 11.2. The van der Waals surface area contributed by atoms with Gasteiger partial charge in [0.05, 0.1) is 6.20 Å². The van der Waals surface area contributed by atoms with Crippen molar-refractivity contribution >= 4 is 11.9 Å². The fraction of sp³-hybridized carbons (Fsp3) is 0.429. The van der Waals surface area contributed by atoms with E-state index in [9.17, 15) is 9.59 Å². The smallest absolute Gasteiger partial charge is 0.358 e. The van der Waals surface area contributed by atoms with Crippen LogP contribution in [0.2, 0.25) is 0 Å². The Morgan fingerprint density at radius 1 is 1.60 bits per heavy atom. The van der Waals surface area contributed by atoms with Crippen molar-refractivity contribution in [1.82, 2.24) is 25.4 Å². The molecule has 0 atom stereocenters. The van der Waals surface area contributed by atoms with E-state index >= 15 is 0 Å². The van der Waals surface area contributed by atoms with E-state index in [2.05, 4.69) is 15.7 Å². The van der Waals surface area contributed by atoms with E-state index in [1.807, 2.05) is 0 Å². The SMILES string of the molecule is CN(C)NC(=O)Cn1cc(C(=O)O)nn1. The van der Waals surface area contributed by atoms with Gasteiger partial charge in [-0.2, -0.15) is 0 Å². The number of rotatable bonds is 4. The van der Waals surface area contributed by atoms with Gasteiger partial charge in [0.1, 0.15) is 6.54 Å². The zero-order valence-electron chi connectivity index (χ0n) is 8.34. The molecular formula is C7H11N5O3. The third-order valence-electron chi connectivity index (χ3n) is 1.41. The van der Waals surface area contributed by atoms with Crippen LogP contribution in [0.3, 0.4) is 0 Å². The molecule has 0 aliphatic rings. The van der Waals surface area contributed by atoms with E-state index in [0.29, 0.717) is 0 Å². The Morgan fingerprint density at radius 3 is 2.73 bits per heavy atom. The lowest BCUT2D eigenvalue weighted by atomic mass is 10.5. The van der Waals surface area contributed by atoms with Crippen molar-refractivity contribution < 1.29 is 14.7 Å². The largest absolute Gasteiger partial charge is 0.476 e. The van der Waals surface area contributed by atoms with Crippen molar-refractivity contribution in [1.29, 1.82) is 0 Å². The number of aromatic carboxylic acids is 1. The summed E-state index contributed by atoms with van der Waals surface area (Å²) >= 11 is 0. The second-order valence-corrected chi connectivity index (χ2v) is 3.04. The Morgan fingerprint density at radius 2 is 2.27 bits per heavy atom. The first-order chi connectivity index (χ1) is 6.99. The van der Waals surface area contributed by atoms with Gasteiger partial charge in [-0.25, -0.2) is 14.5 Å². The Hall–Kier alpha value is -1.96. The van der Waals surface area contributed by atoms with Gasteiger partial charge in [-0.3, -0.25) is 10.2 Å². The molecule has 15 heavy (non-hydrogen) atoms. The number of amides is 1. The summed E-state index contributed by atoms with van der Waals surface area (Å²) in [6, 6.07) is 0. The molecule has 0 aliphatic carbocycles. The van der Waals surface area contributed by atoms with Gasteiger partial charge in [0.2, 0.25) is 0 Å². The van der Waals surface area contributed by atoms with Gasteiger partial charge in [-0.1, -0.05) is 5.21 Å². The van der Waals surface area contributed by atoms with Crippen LogP contribution in [0.1, 0.15) is 10.5 Å². The van der Waals surface area contributed by atoms with Crippen molar-refractivity contribution in [3.05, 3.63) is 11.9 Å². The number of aromatic nitrogens is 3. The fourth-order valence-electron chi connectivity index (χ4n) is 0.906. The first kappa shape index (κ1) is 11.1. The van der Waals surface area contributed by atoms with Crippen LogP contribution >= 0.6 is 0 Å². The van der Waals surface area contributed by atoms with Gasteiger partial charge in [0.15, 0.2) is 5.69 Å². The average Bonchev–Trinajstić information content (AvgIpc) is 2.50. The molecule has 1 rings (SSSR count). The van der Waals surface area contributed by atoms with E-state index < -0.39 is 5.97 Å². The average molecular weight is 213 g/mol. The second-order valence-electron chi connectivity index (χ2n) is 3.04. The summed E-state index contributed by atoms with van der Waals surface area (Å²) in [6.45, 7) is -0.0710. The van der Waals surface area contributed by atoms with Crippen molar-refractivity contribution in [2.24, 2.45) is 0 Å². The van der Waals surface area contributed by atoms with Gasteiger partial charge in [0.25, 0.3) is 5.91 Å². The van der Waals surface area contributed by atoms with Crippen LogP contribution in [-0.2, 0) is 11.3 Å². The fourth-order valence-corrected chi connectivity index (χ4v) is 0.906. The minimum atomic E-state index is -1.17. The van der Waals surface area contributed by atoms with Crippen LogP contribution in [0, 0.1) is 0 Å². The Balaban J connectivity index is 2.57. The Labute approximate surface area is 85.4 Å². The molecule has 8 heteroatoms. The summed E-state index contributed by atoms with van der Waals surface area (Å²) in [4.78, 5) is 21.7. The van der Waals surface area contributed by atoms with E-state index in [-0.39, 0.29) is 18.1 Å². The normalized spacial score (nSPS) is 10.3. The number of hydrazine groups is 1. The standard InChI is InChI=1S/C7H11N5O3/c1-11(2)9-6(13)4-12-3-5(7(14)15)8-10-12/h3H,4H2,1-2H3,(H,9,13)(H,14,15). The van der Waals surface area contributed by atoms with Crippen LogP contribution in [0.4, 0.5) is 0 Å². The molecule has 0 radical (unpaired) electrons. The summed E-state index contributed by atoms with van der Waals surface area (Å²) in [5.41, 5.74) is 2.30. The van der Waals surface area contributed by atoms with E-state index in [0.717, 1.165) is 4.68 Å². The molecule has 1 amide bonds. The number of nitrogens with zero attached hydrogens (tertiary/aromatic N) is 4. The molecule has 0 spiro atoms. The molecule has 1 heterocycles. The lowest BCUT2D eigenvalue weighted by molar-refractivity contribution is -0.125. The number of carboxylic acid groups (broad SMARTS) is 1. The quantitative estimate of drug-likeness (QED) is 0.595. The van der Waals surface area contributed by atoms with Gasteiger partial charge >= 0.3 is 5.97 Å². The first-order valence-electron chi connectivity index (χ1n) is 4.09. The third-order valence-corrected chi connectivity index (χ3v) is 1.41. The molecule has 1 aromatic heterocycles. The number of nitrogens with one attached hydrogen (secondary N) is 1. The zero-order valence-corrected chi connectivity index (χ0v) is 8.34. The number of hydrogen-bond donors (Lipinski definition) is 2. The number of hydrogen-bond acceptors (Lipinski definition) is 5. The minimum absolute atomic E-state index is 0.0710. The summed E-state index contributed by atoms with van der Waals surface area (Å²) in [5, 5.41) is 16.9. The highest BCUT2D eigenvalue weighted by molar-refractivity contribution is 5.84. The number of carbonyl (C=O) groups is 2. The molecule has 0 unspecified atom stereocenters. The molecule has 1 aromatic rings. The lowest BCUT2D eigenvalue weighted by Gasteiger charge is -2.10. The topological polar surface area (TPSA) is 100 Å². The van der Waals surface area contributed by atoms with Gasteiger partial charge in [-0.05, 0) is 0 Å². The van der Waals surface area contributed by atoms with Crippen LogP contribution < -0.4 is 5.43 Å². The molecule has 2 N–H and O–H groups in total. The third kappa shape index (κ3) is 3.35. The predicted octanol–water partition coefficient (Wildman–Crippen LogP) is -1.43. The highest BCUT2D eigenvalue weighted by Crippen LogP contribution is 1.92. The van der Waals surface area contributed by atoms with Crippen molar-refractivity contribution in [3.8, 4) is 0 Å². The highest BCUT2D eigenvalue weighted by atomic mass is 16.4.